The van der Waals surface area contributed by atoms with Crippen LogP contribution in [0.25, 0.3) is 22.6 Å². The SMILES string of the molecule is Cc1cccc(-c2nc(C(C)C)no2)c1NC(=O)c1c(C)oc2ncn(C)c(=O)c12. The van der Waals surface area contributed by atoms with Crippen molar-refractivity contribution in [2.24, 2.45) is 7.05 Å². The molecular formula is C21H21N5O4. The number of carbonyl (C=O) groups is 1. The van der Waals surface area contributed by atoms with Gasteiger partial charge in [-0.25, -0.2) is 4.98 Å². The van der Waals surface area contributed by atoms with E-state index < -0.39 is 5.91 Å². The van der Waals surface area contributed by atoms with Gasteiger partial charge in [-0.2, -0.15) is 4.98 Å². The van der Waals surface area contributed by atoms with Crippen LogP contribution in [0.2, 0.25) is 0 Å². The van der Waals surface area contributed by atoms with Gasteiger partial charge in [0.15, 0.2) is 5.82 Å². The maximum Gasteiger partial charge on any atom is 0.265 e. The number of rotatable bonds is 4. The summed E-state index contributed by atoms with van der Waals surface area (Å²) in [4.78, 5) is 34.3. The number of hydrogen-bond acceptors (Lipinski definition) is 7. The minimum absolute atomic E-state index is 0.106. The summed E-state index contributed by atoms with van der Waals surface area (Å²) in [7, 11) is 1.57. The summed E-state index contributed by atoms with van der Waals surface area (Å²) in [6.07, 6.45) is 1.36. The molecule has 1 N–H and O–H groups in total. The molecule has 1 aromatic carbocycles. The van der Waals surface area contributed by atoms with Crippen molar-refractivity contribution in [2.45, 2.75) is 33.6 Å². The molecule has 9 heteroatoms. The molecule has 0 aliphatic carbocycles. The third-order valence-corrected chi connectivity index (χ3v) is 4.88. The minimum atomic E-state index is -0.476. The van der Waals surface area contributed by atoms with Crippen molar-refractivity contribution in [1.82, 2.24) is 19.7 Å². The van der Waals surface area contributed by atoms with Crippen LogP contribution in [0, 0.1) is 13.8 Å². The molecule has 0 unspecified atom stereocenters. The number of benzene rings is 1. The summed E-state index contributed by atoms with van der Waals surface area (Å²) in [6.45, 7) is 7.42. The molecule has 0 bridgehead atoms. The molecule has 3 aromatic heterocycles. The highest BCUT2D eigenvalue weighted by Crippen LogP contribution is 2.32. The maximum atomic E-state index is 13.2. The molecule has 4 rings (SSSR count). The molecule has 0 aliphatic heterocycles. The standard InChI is InChI=1S/C21H21N5O4/c1-10(2)17-24-19(30-25-17)13-8-6-7-11(3)16(13)23-18(27)14-12(4)29-20-15(14)21(28)26(5)9-22-20/h6-10H,1-5H3,(H,23,27). The fraction of sp³-hybridized carbons (Fsp3) is 0.286. The van der Waals surface area contributed by atoms with E-state index >= 15 is 0 Å². The van der Waals surface area contributed by atoms with E-state index in [2.05, 4.69) is 20.4 Å². The molecule has 1 amide bonds. The van der Waals surface area contributed by atoms with Crippen molar-refractivity contribution in [3.05, 3.63) is 57.6 Å². The zero-order chi connectivity index (χ0) is 21.6. The lowest BCUT2D eigenvalue weighted by Crippen LogP contribution is -2.21. The molecule has 0 atom stereocenters. The smallest absolute Gasteiger partial charge is 0.265 e. The number of hydrogen-bond donors (Lipinski definition) is 1. The number of nitrogens with one attached hydrogen (secondary N) is 1. The summed E-state index contributed by atoms with van der Waals surface area (Å²) in [5, 5.41) is 7.04. The number of para-hydroxylation sites is 1. The zero-order valence-corrected chi connectivity index (χ0v) is 17.3. The van der Waals surface area contributed by atoms with E-state index in [0.717, 1.165) is 5.56 Å². The number of aryl methyl sites for hydroxylation is 3. The highest BCUT2D eigenvalue weighted by atomic mass is 16.5. The van der Waals surface area contributed by atoms with Crippen molar-refractivity contribution in [3.63, 3.8) is 0 Å². The molecule has 0 saturated carbocycles. The molecule has 0 fully saturated rings. The Morgan fingerprint density at radius 2 is 2.00 bits per heavy atom. The van der Waals surface area contributed by atoms with Crippen molar-refractivity contribution in [1.29, 1.82) is 0 Å². The number of carbonyl (C=O) groups excluding carboxylic acids is 1. The third-order valence-electron chi connectivity index (χ3n) is 4.88. The summed E-state index contributed by atoms with van der Waals surface area (Å²) >= 11 is 0. The second-order valence-electron chi connectivity index (χ2n) is 7.44. The number of aromatic nitrogens is 4. The van der Waals surface area contributed by atoms with E-state index in [0.29, 0.717) is 28.7 Å². The van der Waals surface area contributed by atoms with Crippen molar-refractivity contribution in [3.8, 4) is 11.5 Å². The summed E-state index contributed by atoms with van der Waals surface area (Å²) < 4.78 is 12.3. The first-order valence-electron chi connectivity index (χ1n) is 9.47. The van der Waals surface area contributed by atoms with Gasteiger partial charge in [0.1, 0.15) is 17.5 Å². The normalized spacial score (nSPS) is 11.4. The van der Waals surface area contributed by atoms with Crippen LogP contribution in [0.1, 0.15) is 47.3 Å². The first-order valence-corrected chi connectivity index (χ1v) is 9.47. The second kappa shape index (κ2) is 7.25. The topological polar surface area (TPSA) is 116 Å². The average Bonchev–Trinajstić information content (AvgIpc) is 3.31. The van der Waals surface area contributed by atoms with Crippen LogP contribution in [0.4, 0.5) is 5.69 Å². The van der Waals surface area contributed by atoms with E-state index in [-0.39, 0.29) is 28.1 Å². The highest BCUT2D eigenvalue weighted by Gasteiger charge is 2.24. The molecular weight excluding hydrogens is 386 g/mol. The van der Waals surface area contributed by atoms with Crippen LogP contribution in [-0.2, 0) is 7.05 Å². The predicted octanol–water partition coefficient (Wildman–Crippen LogP) is 3.57. The van der Waals surface area contributed by atoms with Gasteiger partial charge >= 0.3 is 0 Å². The Balaban J connectivity index is 1.80. The van der Waals surface area contributed by atoms with E-state index in [1.54, 1.807) is 20.0 Å². The molecule has 0 aliphatic rings. The highest BCUT2D eigenvalue weighted by molar-refractivity contribution is 6.13. The average molecular weight is 407 g/mol. The first kappa shape index (κ1) is 19.6. The Bertz CT molecular complexity index is 1330. The van der Waals surface area contributed by atoms with Crippen LogP contribution >= 0.6 is 0 Å². The monoisotopic (exact) mass is 407 g/mol. The fourth-order valence-corrected chi connectivity index (χ4v) is 3.23. The van der Waals surface area contributed by atoms with Crippen LogP contribution < -0.4 is 10.9 Å². The molecule has 9 nitrogen and oxygen atoms in total. The lowest BCUT2D eigenvalue weighted by atomic mass is 10.1. The van der Waals surface area contributed by atoms with Gasteiger partial charge in [0.05, 0.1) is 16.8 Å². The van der Waals surface area contributed by atoms with Gasteiger partial charge in [0.25, 0.3) is 17.4 Å². The number of fused-ring (bicyclic) bond motifs is 1. The quantitative estimate of drug-likeness (QED) is 0.550. The van der Waals surface area contributed by atoms with Crippen LogP contribution in [0.3, 0.4) is 0 Å². The molecule has 0 spiro atoms. The Kier molecular flexibility index (Phi) is 4.73. The van der Waals surface area contributed by atoms with Gasteiger partial charge in [-0.1, -0.05) is 31.1 Å². The van der Waals surface area contributed by atoms with Crippen molar-refractivity contribution >= 4 is 22.7 Å². The number of furan rings is 1. The summed E-state index contributed by atoms with van der Waals surface area (Å²) in [5.41, 5.74) is 1.85. The van der Waals surface area contributed by atoms with E-state index in [4.69, 9.17) is 8.94 Å². The van der Waals surface area contributed by atoms with Crippen molar-refractivity contribution < 1.29 is 13.7 Å². The summed E-state index contributed by atoms with van der Waals surface area (Å²) in [5.74, 6) is 0.830. The molecule has 0 radical (unpaired) electrons. The van der Waals surface area contributed by atoms with Gasteiger partial charge in [0, 0.05) is 13.0 Å². The van der Waals surface area contributed by atoms with Gasteiger partial charge in [0.2, 0.25) is 5.71 Å². The van der Waals surface area contributed by atoms with E-state index in [1.807, 2.05) is 32.9 Å². The first-order chi connectivity index (χ1) is 14.3. The van der Waals surface area contributed by atoms with Gasteiger partial charge in [-0.3, -0.25) is 9.59 Å². The molecule has 30 heavy (non-hydrogen) atoms. The largest absolute Gasteiger partial charge is 0.442 e. The van der Waals surface area contributed by atoms with E-state index in [1.165, 1.54) is 10.9 Å². The Labute approximate surface area is 171 Å². The number of nitrogens with zero attached hydrogens (tertiary/aromatic N) is 4. The Hall–Kier alpha value is -3.75. The zero-order valence-electron chi connectivity index (χ0n) is 17.3. The van der Waals surface area contributed by atoms with Gasteiger partial charge in [-0.15, -0.1) is 0 Å². The van der Waals surface area contributed by atoms with Crippen LogP contribution in [-0.4, -0.2) is 25.6 Å². The van der Waals surface area contributed by atoms with E-state index in [9.17, 15) is 9.59 Å². The number of amides is 1. The molecule has 3 heterocycles. The van der Waals surface area contributed by atoms with Crippen molar-refractivity contribution in [2.75, 3.05) is 5.32 Å². The Morgan fingerprint density at radius 3 is 2.70 bits per heavy atom. The molecule has 4 aromatic rings. The minimum Gasteiger partial charge on any atom is -0.442 e. The fourth-order valence-electron chi connectivity index (χ4n) is 3.23. The second-order valence-corrected chi connectivity index (χ2v) is 7.44. The predicted molar refractivity (Wildman–Crippen MR) is 111 cm³/mol. The number of anilines is 1. The Morgan fingerprint density at radius 1 is 1.23 bits per heavy atom. The molecule has 0 saturated heterocycles. The maximum absolute atomic E-state index is 13.2. The summed E-state index contributed by atoms with van der Waals surface area (Å²) in [6, 6.07) is 5.50. The van der Waals surface area contributed by atoms with Gasteiger partial charge < -0.3 is 18.8 Å². The molecule has 154 valence electrons. The van der Waals surface area contributed by atoms with Crippen LogP contribution in [0.5, 0.6) is 0 Å². The third kappa shape index (κ3) is 3.18. The van der Waals surface area contributed by atoms with Gasteiger partial charge in [-0.05, 0) is 25.5 Å². The lowest BCUT2D eigenvalue weighted by Gasteiger charge is -2.11. The lowest BCUT2D eigenvalue weighted by molar-refractivity contribution is 0.102. The van der Waals surface area contributed by atoms with Crippen LogP contribution in [0.15, 0.2) is 38.3 Å².